The van der Waals surface area contributed by atoms with Crippen molar-refractivity contribution >= 4 is 28.9 Å². The molecule has 0 saturated heterocycles. The number of benzene rings is 1. The number of esters is 1. The molecule has 1 heterocycles. The van der Waals surface area contributed by atoms with Crippen molar-refractivity contribution in [1.29, 1.82) is 5.41 Å². The lowest BCUT2D eigenvalue weighted by molar-refractivity contribution is -0.205. The molecule has 2 atom stereocenters. The van der Waals surface area contributed by atoms with Crippen LogP contribution in [0, 0.1) is 5.41 Å². The van der Waals surface area contributed by atoms with Crippen molar-refractivity contribution in [3.63, 3.8) is 0 Å². The summed E-state index contributed by atoms with van der Waals surface area (Å²) in [6.07, 6.45) is 2.20. The van der Waals surface area contributed by atoms with Crippen LogP contribution in [-0.4, -0.2) is 46.3 Å². The maximum absolute atomic E-state index is 13.2. The summed E-state index contributed by atoms with van der Waals surface area (Å²) >= 11 is 1.39. The number of ether oxygens (including phenoxy) is 3. The number of carbonyl (C=O) groups is 2. The van der Waals surface area contributed by atoms with Gasteiger partial charge in [0.2, 0.25) is 5.60 Å². The third-order valence-electron chi connectivity index (χ3n) is 5.28. The molecule has 0 aromatic heterocycles. The van der Waals surface area contributed by atoms with E-state index in [0.717, 1.165) is 23.1 Å². The Morgan fingerprint density at radius 3 is 2.26 bits per heavy atom. The van der Waals surface area contributed by atoms with Crippen molar-refractivity contribution in [2.45, 2.75) is 97.6 Å². The maximum atomic E-state index is 13.2. The van der Waals surface area contributed by atoms with Crippen LogP contribution in [0.25, 0.3) is 0 Å². The molecule has 1 amide bonds. The molecular formula is C25H38N2O6S. The molecule has 8 nitrogen and oxygen atoms in total. The quantitative estimate of drug-likeness (QED) is 0.243. The molecule has 190 valence electrons. The predicted molar refractivity (Wildman–Crippen MR) is 134 cm³/mol. The molecule has 0 bridgehead atoms. The highest BCUT2D eigenvalue weighted by Gasteiger charge is 2.50. The maximum Gasteiger partial charge on any atom is 0.431 e. The molecule has 0 unspecified atom stereocenters. The van der Waals surface area contributed by atoms with E-state index in [0.29, 0.717) is 23.6 Å². The molecule has 1 aromatic carbocycles. The van der Waals surface area contributed by atoms with Crippen LogP contribution in [0.2, 0.25) is 0 Å². The first-order chi connectivity index (χ1) is 15.6. The lowest BCUT2D eigenvalue weighted by Gasteiger charge is -2.39. The van der Waals surface area contributed by atoms with Crippen molar-refractivity contribution in [2.75, 3.05) is 6.26 Å². The zero-order chi connectivity index (χ0) is 25.9. The average molecular weight is 495 g/mol. The van der Waals surface area contributed by atoms with E-state index in [2.05, 4.69) is 12.4 Å². The van der Waals surface area contributed by atoms with Crippen LogP contribution in [-0.2, 0) is 31.9 Å². The highest BCUT2D eigenvalue weighted by atomic mass is 32.2. The molecule has 2 rings (SSSR count). The van der Waals surface area contributed by atoms with Crippen molar-refractivity contribution in [3.8, 4) is 5.75 Å². The van der Waals surface area contributed by atoms with E-state index in [1.807, 2.05) is 18.4 Å². The van der Waals surface area contributed by atoms with Crippen LogP contribution >= 0.6 is 11.8 Å². The standard InChI is InChI=1S/C25H38N2O6S/c1-10-15-16-12-14-19(30-18(16)13-11-17(15)20(26)34-9)25(8,21(28)31-23(2,3)4)33-27-22(29)32-24(5,6)7/h11,13,19,26H,10,12,14H2,1-9H3,(H,27,29)/t19-,25+/m1/s1. The fourth-order valence-electron chi connectivity index (χ4n) is 3.72. The molecule has 1 aromatic rings. The number of hydrogen-bond acceptors (Lipinski definition) is 8. The van der Waals surface area contributed by atoms with Crippen LogP contribution in [0.1, 0.15) is 78.5 Å². The molecular weight excluding hydrogens is 456 g/mol. The molecule has 0 saturated carbocycles. The molecule has 1 aliphatic heterocycles. The van der Waals surface area contributed by atoms with E-state index in [4.69, 9.17) is 24.5 Å². The van der Waals surface area contributed by atoms with Crippen LogP contribution < -0.4 is 10.2 Å². The molecule has 2 N–H and O–H groups in total. The van der Waals surface area contributed by atoms with Gasteiger partial charge in [0, 0.05) is 5.56 Å². The van der Waals surface area contributed by atoms with Crippen molar-refractivity contribution < 1.29 is 28.6 Å². The lowest BCUT2D eigenvalue weighted by atomic mass is 9.87. The van der Waals surface area contributed by atoms with E-state index in [1.54, 1.807) is 48.5 Å². The Hall–Kier alpha value is -2.26. The summed E-state index contributed by atoms with van der Waals surface area (Å²) in [6, 6.07) is 3.71. The number of thioether (sulfide) groups is 1. The van der Waals surface area contributed by atoms with E-state index in [-0.39, 0.29) is 0 Å². The normalized spacial score (nSPS) is 17.6. The number of rotatable bonds is 6. The topological polar surface area (TPSA) is 107 Å². The second kappa shape index (κ2) is 10.6. The Labute approximate surface area is 206 Å². The fourth-order valence-corrected chi connectivity index (χ4v) is 4.13. The number of nitrogens with one attached hydrogen (secondary N) is 2. The zero-order valence-corrected chi connectivity index (χ0v) is 22.5. The van der Waals surface area contributed by atoms with E-state index in [1.165, 1.54) is 11.8 Å². The van der Waals surface area contributed by atoms with Gasteiger partial charge in [0.1, 0.15) is 23.1 Å². The molecule has 0 aliphatic carbocycles. The van der Waals surface area contributed by atoms with Gasteiger partial charge in [0.15, 0.2) is 0 Å². The first-order valence-electron chi connectivity index (χ1n) is 11.5. The van der Waals surface area contributed by atoms with Gasteiger partial charge in [-0.25, -0.2) is 14.4 Å². The second-order valence-electron chi connectivity index (χ2n) is 10.4. The molecule has 9 heteroatoms. The van der Waals surface area contributed by atoms with Crippen LogP contribution in [0.4, 0.5) is 4.79 Å². The minimum absolute atomic E-state index is 0.460. The van der Waals surface area contributed by atoms with Gasteiger partial charge in [-0.15, -0.1) is 11.8 Å². The summed E-state index contributed by atoms with van der Waals surface area (Å²) in [5.74, 6) is -0.0117. The summed E-state index contributed by atoms with van der Waals surface area (Å²) in [5.41, 5.74) is 2.13. The zero-order valence-electron chi connectivity index (χ0n) is 21.7. The van der Waals surface area contributed by atoms with Crippen LogP contribution in [0.15, 0.2) is 12.1 Å². The summed E-state index contributed by atoms with van der Waals surface area (Å²) in [6.45, 7) is 14.1. The Morgan fingerprint density at radius 1 is 1.12 bits per heavy atom. The Morgan fingerprint density at radius 2 is 1.74 bits per heavy atom. The second-order valence-corrected chi connectivity index (χ2v) is 11.2. The van der Waals surface area contributed by atoms with Gasteiger partial charge in [-0.05, 0) is 97.2 Å². The van der Waals surface area contributed by atoms with Gasteiger partial charge in [-0.2, -0.15) is 5.48 Å². The van der Waals surface area contributed by atoms with Gasteiger partial charge < -0.3 is 14.2 Å². The molecule has 34 heavy (non-hydrogen) atoms. The fraction of sp³-hybridized carbons (Fsp3) is 0.640. The first kappa shape index (κ1) is 28.0. The Balaban J connectivity index is 2.36. The smallest absolute Gasteiger partial charge is 0.431 e. The number of hydroxylamine groups is 1. The highest BCUT2D eigenvalue weighted by Crippen LogP contribution is 2.38. The van der Waals surface area contributed by atoms with E-state index >= 15 is 0 Å². The Bertz CT molecular complexity index is 935. The monoisotopic (exact) mass is 494 g/mol. The average Bonchev–Trinajstić information content (AvgIpc) is 2.73. The molecule has 0 spiro atoms. The SMILES string of the molecule is CCc1c(C(=N)SC)ccc2c1CC[C@H]([C@](C)(ONC(=O)OC(C)(C)C)C(=O)OC(C)(C)C)O2. The van der Waals surface area contributed by atoms with Crippen molar-refractivity contribution in [1.82, 2.24) is 5.48 Å². The predicted octanol–water partition coefficient (Wildman–Crippen LogP) is 5.19. The number of amides is 1. The van der Waals surface area contributed by atoms with Gasteiger partial charge in [-0.1, -0.05) is 6.92 Å². The van der Waals surface area contributed by atoms with Crippen molar-refractivity contribution in [3.05, 3.63) is 28.8 Å². The first-order valence-corrected chi connectivity index (χ1v) is 12.7. The Kier molecular flexibility index (Phi) is 8.69. The molecule has 0 radical (unpaired) electrons. The van der Waals surface area contributed by atoms with E-state index < -0.39 is 35.0 Å². The third-order valence-corrected chi connectivity index (χ3v) is 5.91. The van der Waals surface area contributed by atoms with Gasteiger partial charge >= 0.3 is 12.1 Å². The van der Waals surface area contributed by atoms with Gasteiger partial charge in [0.25, 0.3) is 0 Å². The summed E-state index contributed by atoms with van der Waals surface area (Å²) in [4.78, 5) is 31.2. The van der Waals surface area contributed by atoms with Crippen LogP contribution in [0.3, 0.4) is 0 Å². The molecule has 0 fully saturated rings. The highest BCUT2D eigenvalue weighted by molar-refractivity contribution is 8.13. The summed E-state index contributed by atoms with van der Waals surface area (Å²) in [5, 5.41) is 8.77. The van der Waals surface area contributed by atoms with E-state index in [9.17, 15) is 9.59 Å². The number of fused-ring (bicyclic) bond motifs is 1. The summed E-state index contributed by atoms with van der Waals surface area (Å²) < 4.78 is 17.1. The van der Waals surface area contributed by atoms with Crippen molar-refractivity contribution in [2.24, 2.45) is 0 Å². The minimum Gasteiger partial charge on any atom is -0.486 e. The molecule has 1 aliphatic rings. The number of hydrogen-bond donors (Lipinski definition) is 2. The third kappa shape index (κ3) is 6.88. The summed E-state index contributed by atoms with van der Waals surface area (Å²) in [7, 11) is 0. The number of carbonyl (C=O) groups excluding carboxylic acids is 2. The van der Waals surface area contributed by atoms with Crippen LogP contribution in [0.5, 0.6) is 5.75 Å². The largest absolute Gasteiger partial charge is 0.486 e. The van der Waals surface area contributed by atoms with Gasteiger partial charge in [0.05, 0.1) is 5.04 Å². The van der Waals surface area contributed by atoms with Gasteiger partial charge in [-0.3, -0.25) is 5.41 Å². The minimum atomic E-state index is -1.63. The lowest BCUT2D eigenvalue weighted by Crippen LogP contribution is -2.58.